The first-order valence-electron chi connectivity index (χ1n) is 6.29. The van der Waals surface area contributed by atoms with Crippen LogP contribution in [0, 0.1) is 5.92 Å². The van der Waals surface area contributed by atoms with Gasteiger partial charge in [-0.1, -0.05) is 66.3 Å². The Morgan fingerprint density at radius 3 is 2.36 bits per heavy atom. The highest BCUT2D eigenvalue weighted by molar-refractivity contribution is 7.80. The second-order valence-corrected chi connectivity index (χ2v) is 7.96. The third kappa shape index (κ3) is 6.75. The van der Waals surface area contributed by atoms with Gasteiger partial charge in [-0.3, -0.25) is 4.79 Å². The highest BCUT2D eigenvalue weighted by Gasteiger charge is 2.35. The molecular formula is C13H15Cl4N3OS. The van der Waals surface area contributed by atoms with E-state index < -0.39 is 9.96 Å². The van der Waals surface area contributed by atoms with E-state index in [1.165, 1.54) is 0 Å². The number of halogens is 4. The van der Waals surface area contributed by atoms with E-state index in [0.717, 1.165) is 0 Å². The number of nitrogens with one attached hydrogen (secondary N) is 3. The Hall–Kier alpha value is -0.460. The molecule has 3 N–H and O–H groups in total. The number of carbonyl (C=O) groups is 1. The lowest BCUT2D eigenvalue weighted by atomic mass is 10.2. The minimum absolute atomic E-state index is 0.183. The lowest BCUT2D eigenvalue weighted by Gasteiger charge is -2.28. The number of thiocarbonyl (C=S) groups is 1. The molecule has 0 radical (unpaired) electrons. The van der Waals surface area contributed by atoms with Crippen molar-refractivity contribution in [1.29, 1.82) is 0 Å². The predicted molar refractivity (Wildman–Crippen MR) is 97.9 cm³/mol. The molecule has 0 aliphatic rings. The molecule has 1 amide bonds. The highest BCUT2D eigenvalue weighted by atomic mass is 35.6. The molecule has 0 bridgehead atoms. The number of hydrogen-bond donors (Lipinski definition) is 3. The van der Waals surface area contributed by atoms with Crippen molar-refractivity contribution >= 4 is 75.3 Å². The Kier molecular flexibility index (Phi) is 7.49. The standard InChI is InChI=1S/C13H15Cl4N3OS/c1-7(2)10(21)19-11(13(15,16)17)20-12(22)18-9-5-3-4-8(14)6-9/h3-7,11H,1-2H3,(H,19,21)(H2,18,20,22). The van der Waals surface area contributed by atoms with Crippen molar-refractivity contribution in [1.82, 2.24) is 10.6 Å². The van der Waals surface area contributed by atoms with Crippen LogP contribution in [0.3, 0.4) is 0 Å². The molecule has 0 aliphatic heterocycles. The zero-order chi connectivity index (χ0) is 16.9. The summed E-state index contributed by atoms with van der Waals surface area (Å²) in [4.78, 5) is 11.8. The smallest absolute Gasteiger partial charge is 0.228 e. The maximum atomic E-state index is 11.8. The van der Waals surface area contributed by atoms with Gasteiger partial charge >= 0.3 is 0 Å². The van der Waals surface area contributed by atoms with E-state index in [1.54, 1.807) is 38.1 Å². The van der Waals surface area contributed by atoms with Crippen LogP contribution in [0.2, 0.25) is 5.02 Å². The van der Waals surface area contributed by atoms with E-state index in [2.05, 4.69) is 16.0 Å². The molecule has 0 saturated heterocycles. The summed E-state index contributed by atoms with van der Waals surface area (Å²) in [6, 6.07) is 6.96. The van der Waals surface area contributed by atoms with Gasteiger partial charge in [-0.15, -0.1) is 0 Å². The number of hydrogen-bond acceptors (Lipinski definition) is 2. The summed E-state index contributed by atoms with van der Waals surface area (Å²) in [5, 5.41) is 8.98. The molecule has 0 aromatic heterocycles. The van der Waals surface area contributed by atoms with Crippen LogP contribution in [0.1, 0.15) is 13.8 Å². The monoisotopic (exact) mass is 401 g/mol. The molecule has 9 heteroatoms. The summed E-state index contributed by atoms with van der Waals surface area (Å²) >= 11 is 28.6. The molecule has 1 aromatic rings. The minimum atomic E-state index is -1.77. The van der Waals surface area contributed by atoms with Crippen molar-refractivity contribution in [3.8, 4) is 0 Å². The Labute approximate surface area is 154 Å². The number of benzene rings is 1. The molecule has 0 aliphatic carbocycles. The van der Waals surface area contributed by atoms with Crippen LogP contribution >= 0.6 is 58.6 Å². The van der Waals surface area contributed by atoms with E-state index in [1.807, 2.05) is 0 Å². The van der Waals surface area contributed by atoms with Crippen molar-refractivity contribution in [2.45, 2.75) is 23.8 Å². The van der Waals surface area contributed by atoms with Crippen molar-refractivity contribution in [2.75, 3.05) is 5.32 Å². The molecule has 0 spiro atoms. The van der Waals surface area contributed by atoms with Crippen molar-refractivity contribution in [3.05, 3.63) is 29.3 Å². The molecule has 1 unspecified atom stereocenters. The summed E-state index contributed by atoms with van der Waals surface area (Å²) in [6.07, 6.45) is -0.980. The maximum absolute atomic E-state index is 11.8. The number of amides is 1. The van der Waals surface area contributed by atoms with Crippen LogP contribution < -0.4 is 16.0 Å². The van der Waals surface area contributed by atoms with Gasteiger partial charge in [0, 0.05) is 16.6 Å². The van der Waals surface area contributed by atoms with Crippen molar-refractivity contribution in [2.24, 2.45) is 5.92 Å². The summed E-state index contributed by atoms with van der Waals surface area (Å²) in [7, 11) is 0. The Balaban J connectivity index is 2.73. The molecule has 122 valence electrons. The Morgan fingerprint density at radius 1 is 1.23 bits per heavy atom. The topological polar surface area (TPSA) is 53.2 Å². The summed E-state index contributed by atoms with van der Waals surface area (Å²) < 4.78 is -1.77. The van der Waals surface area contributed by atoms with Gasteiger partial charge in [-0.05, 0) is 30.4 Å². The van der Waals surface area contributed by atoms with E-state index >= 15 is 0 Å². The summed E-state index contributed by atoms with van der Waals surface area (Å²) in [6.45, 7) is 3.46. The third-order valence-electron chi connectivity index (χ3n) is 2.50. The van der Waals surface area contributed by atoms with Gasteiger partial charge in [0.1, 0.15) is 6.17 Å². The van der Waals surface area contributed by atoms with E-state index in [-0.39, 0.29) is 16.9 Å². The van der Waals surface area contributed by atoms with Crippen molar-refractivity contribution < 1.29 is 4.79 Å². The second kappa shape index (κ2) is 8.41. The van der Waals surface area contributed by atoms with Crippen LogP contribution in [0.15, 0.2) is 24.3 Å². The molecular weight excluding hydrogens is 388 g/mol. The van der Waals surface area contributed by atoms with Crippen LogP contribution in [0.4, 0.5) is 5.69 Å². The van der Waals surface area contributed by atoms with Gasteiger partial charge < -0.3 is 16.0 Å². The zero-order valence-corrected chi connectivity index (χ0v) is 15.6. The number of rotatable bonds is 4. The molecule has 22 heavy (non-hydrogen) atoms. The van der Waals surface area contributed by atoms with Gasteiger partial charge in [0.25, 0.3) is 0 Å². The second-order valence-electron chi connectivity index (χ2n) is 4.75. The molecule has 0 fully saturated rings. The lowest BCUT2D eigenvalue weighted by molar-refractivity contribution is -0.124. The average Bonchev–Trinajstić information content (AvgIpc) is 2.36. The van der Waals surface area contributed by atoms with Crippen LogP contribution in [0.5, 0.6) is 0 Å². The zero-order valence-electron chi connectivity index (χ0n) is 11.8. The minimum Gasteiger partial charge on any atom is -0.339 e. The first-order valence-corrected chi connectivity index (χ1v) is 8.22. The van der Waals surface area contributed by atoms with Gasteiger partial charge in [0.2, 0.25) is 9.70 Å². The van der Waals surface area contributed by atoms with Crippen LogP contribution in [0.25, 0.3) is 0 Å². The Morgan fingerprint density at radius 2 is 1.86 bits per heavy atom. The summed E-state index contributed by atoms with van der Waals surface area (Å²) in [5.41, 5.74) is 0.670. The largest absolute Gasteiger partial charge is 0.339 e. The number of alkyl halides is 3. The molecule has 0 saturated carbocycles. The molecule has 0 heterocycles. The molecule has 1 atom stereocenters. The molecule has 4 nitrogen and oxygen atoms in total. The molecule has 1 aromatic carbocycles. The van der Waals surface area contributed by atoms with Gasteiger partial charge in [-0.25, -0.2) is 0 Å². The van der Waals surface area contributed by atoms with E-state index in [0.29, 0.717) is 10.7 Å². The Bertz CT molecular complexity index is 548. The van der Waals surface area contributed by atoms with E-state index in [9.17, 15) is 4.79 Å². The number of carbonyl (C=O) groups excluding carboxylic acids is 1. The van der Waals surface area contributed by atoms with E-state index in [4.69, 9.17) is 58.6 Å². The first kappa shape index (κ1) is 19.6. The van der Waals surface area contributed by atoms with Crippen LogP contribution in [-0.4, -0.2) is 21.0 Å². The number of anilines is 1. The maximum Gasteiger partial charge on any atom is 0.228 e. The van der Waals surface area contributed by atoms with Gasteiger partial charge in [0.05, 0.1) is 0 Å². The first-order chi connectivity index (χ1) is 10.1. The lowest BCUT2D eigenvalue weighted by Crippen LogP contribution is -2.56. The quantitative estimate of drug-likeness (QED) is 0.403. The fourth-order valence-corrected chi connectivity index (χ4v) is 2.13. The highest BCUT2D eigenvalue weighted by Crippen LogP contribution is 2.29. The average molecular weight is 403 g/mol. The fourth-order valence-electron chi connectivity index (χ4n) is 1.37. The van der Waals surface area contributed by atoms with Crippen LogP contribution in [-0.2, 0) is 4.79 Å². The fraction of sp³-hybridized carbons (Fsp3) is 0.385. The normalized spacial score (nSPS) is 12.7. The van der Waals surface area contributed by atoms with Crippen molar-refractivity contribution in [3.63, 3.8) is 0 Å². The third-order valence-corrected chi connectivity index (χ3v) is 3.61. The predicted octanol–water partition coefficient (Wildman–Crippen LogP) is 4.09. The SMILES string of the molecule is CC(C)C(=O)NC(NC(=S)Nc1cccc(Cl)c1)C(Cl)(Cl)Cl. The van der Waals surface area contributed by atoms with Gasteiger partial charge in [0.15, 0.2) is 5.11 Å². The van der Waals surface area contributed by atoms with Gasteiger partial charge in [-0.2, -0.15) is 0 Å². The summed E-state index contributed by atoms with van der Waals surface area (Å²) in [5.74, 6) is -0.527. The molecule has 1 rings (SSSR count).